The van der Waals surface area contributed by atoms with Gasteiger partial charge in [-0.3, -0.25) is 5.32 Å². The van der Waals surface area contributed by atoms with Crippen LogP contribution in [0.3, 0.4) is 0 Å². The topological polar surface area (TPSA) is 42.7 Å². The molecule has 0 aliphatic heterocycles. The third-order valence-corrected chi connectivity index (χ3v) is 2.37. The van der Waals surface area contributed by atoms with E-state index in [1.165, 1.54) is 0 Å². The van der Waals surface area contributed by atoms with Crippen LogP contribution in [-0.2, 0) is 12.1 Å². The van der Waals surface area contributed by atoms with E-state index >= 15 is 0 Å². The molecule has 4 heteroatoms. The molecule has 1 atom stereocenters. The molecule has 0 spiro atoms. The molecule has 0 bridgehead atoms. The maximum Gasteiger partial charge on any atom is 0.0965 e. The molecule has 0 saturated heterocycles. The Morgan fingerprint density at radius 1 is 1.56 bits per heavy atom. The van der Waals surface area contributed by atoms with Crippen LogP contribution in [0.2, 0.25) is 0 Å². The van der Waals surface area contributed by atoms with Gasteiger partial charge in [0.1, 0.15) is 0 Å². The zero-order chi connectivity index (χ0) is 12.2. The number of hydrogen-bond donors (Lipinski definition) is 1. The molecule has 4 nitrogen and oxygen atoms in total. The van der Waals surface area contributed by atoms with E-state index in [2.05, 4.69) is 49.2 Å². The largest absolute Gasteiger partial charge is 0.298 e. The number of aromatic nitrogens is 3. The second-order valence-corrected chi connectivity index (χ2v) is 4.83. The van der Waals surface area contributed by atoms with E-state index in [0.717, 1.165) is 12.1 Å². The third-order valence-electron chi connectivity index (χ3n) is 2.37. The molecule has 88 valence electrons. The lowest BCUT2D eigenvalue weighted by atomic mass is 10.1. The fourth-order valence-electron chi connectivity index (χ4n) is 1.26. The molecule has 0 aliphatic rings. The number of nitrogens with zero attached hydrogens (tertiary/aromatic N) is 3. The lowest BCUT2D eigenvalue weighted by Crippen LogP contribution is -2.26. The quantitative estimate of drug-likeness (QED) is 0.783. The first-order chi connectivity index (χ1) is 7.47. The molecule has 0 amide bonds. The molecule has 0 saturated carbocycles. The smallest absolute Gasteiger partial charge is 0.0965 e. The van der Waals surface area contributed by atoms with Crippen molar-refractivity contribution in [3.05, 3.63) is 11.9 Å². The fraction of sp³-hybridized carbons (Fsp3) is 0.667. The molecule has 1 aromatic rings. The molecular formula is C12H20N4. The van der Waals surface area contributed by atoms with Gasteiger partial charge in [0.25, 0.3) is 0 Å². The van der Waals surface area contributed by atoms with E-state index in [9.17, 15) is 0 Å². The Balaban J connectivity index is 2.57. The first-order valence-corrected chi connectivity index (χ1v) is 5.58. The van der Waals surface area contributed by atoms with Gasteiger partial charge in [-0.15, -0.1) is 11.5 Å². The van der Waals surface area contributed by atoms with Crippen molar-refractivity contribution in [2.45, 2.75) is 52.2 Å². The van der Waals surface area contributed by atoms with Gasteiger partial charge in [-0.25, -0.2) is 4.68 Å². The van der Waals surface area contributed by atoms with Crippen LogP contribution in [0.5, 0.6) is 0 Å². The molecule has 1 N–H and O–H groups in total. The molecule has 1 aromatic heterocycles. The van der Waals surface area contributed by atoms with Crippen LogP contribution in [0.25, 0.3) is 0 Å². The Morgan fingerprint density at radius 2 is 2.25 bits per heavy atom. The third kappa shape index (κ3) is 3.35. The van der Waals surface area contributed by atoms with Crippen LogP contribution in [0.4, 0.5) is 0 Å². The van der Waals surface area contributed by atoms with Gasteiger partial charge < -0.3 is 0 Å². The zero-order valence-electron chi connectivity index (χ0n) is 10.5. The molecule has 0 aliphatic carbocycles. The van der Waals surface area contributed by atoms with Crippen molar-refractivity contribution in [1.29, 1.82) is 0 Å². The molecule has 0 radical (unpaired) electrons. The average Bonchev–Trinajstić information content (AvgIpc) is 2.67. The second kappa shape index (κ2) is 5.13. The maximum absolute atomic E-state index is 5.37. The summed E-state index contributed by atoms with van der Waals surface area (Å²) >= 11 is 0. The Hall–Kier alpha value is -1.34. The normalized spacial score (nSPS) is 13.4. The van der Waals surface area contributed by atoms with Crippen LogP contribution < -0.4 is 5.32 Å². The van der Waals surface area contributed by atoms with Crippen LogP contribution in [0.1, 0.15) is 39.8 Å². The summed E-state index contributed by atoms with van der Waals surface area (Å²) in [5.41, 5.74) is 0.894. The van der Waals surface area contributed by atoms with E-state index < -0.39 is 0 Å². The first-order valence-electron chi connectivity index (χ1n) is 5.58. The predicted octanol–water partition coefficient (Wildman–Crippen LogP) is 1.53. The summed E-state index contributed by atoms with van der Waals surface area (Å²) in [5, 5.41) is 11.4. The number of nitrogens with one attached hydrogen (secondary N) is 1. The molecular weight excluding hydrogens is 200 g/mol. The highest BCUT2D eigenvalue weighted by molar-refractivity contribution is 5.01. The summed E-state index contributed by atoms with van der Waals surface area (Å²) in [6.07, 6.45) is 8.24. The first kappa shape index (κ1) is 12.7. The number of hydrogen-bond acceptors (Lipinski definition) is 3. The summed E-state index contributed by atoms with van der Waals surface area (Å²) in [6.45, 7) is 9.00. The van der Waals surface area contributed by atoms with Gasteiger partial charge >= 0.3 is 0 Å². The van der Waals surface area contributed by atoms with Crippen LogP contribution >= 0.6 is 0 Å². The summed E-state index contributed by atoms with van der Waals surface area (Å²) in [5.74, 6) is 2.69. The maximum atomic E-state index is 5.37. The van der Waals surface area contributed by atoms with E-state index in [1.807, 2.05) is 10.9 Å². The van der Waals surface area contributed by atoms with Gasteiger partial charge in [0.2, 0.25) is 0 Å². The molecule has 0 aromatic carbocycles. The van der Waals surface area contributed by atoms with Gasteiger partial charge in [-0.2, -0.15) is 0 Å². The van der Waals surface area contributed by atoms with Crippen molar-refractivity contribution in [3.8, 4) is 12.3 Å². The highest BCUT2D eigenvalue weighted by Gasteiger charge is 2.15. The molecule has 1 rings (SSSR count). The van der Waals surface area contributed by atoms with Crippen molar-refractivity contribution in [1.82, 2.24) is 20.3 Å². The minimum absolute atomic E-state index is 0.0263. The molecule has 16 heavy (non-hydrogen) atoms. The van der Waals surface area contributed by atoms with E-state index in [4.69, 9.17) is 6.42 Å². The van der Waals surface area contributed by atoms with Gasteiger partial charge in [0.15, 0.2) is 0 Å². The number of rotatable bonds is 4. The summed E-state index contributed by atoms with van der Waals surface area (Å²) in [6, 6.07) is 0.111. The van der Waals surface area contributed by atoms with E-state index in [1.54, 1.807) is 0 Å². The van der Waals surface area contributed by atoms with Crippen molar-refractivity contribution >= 4 is 0 Å². The highest BCUT2D eigenvalue weighted by atomic mass is 15.4. The lowest BCUT2D eigenvalue weighted by molar-refractivity contribution is 0.347. The van der Waals surface area contributed by atoms with Crippen LogP contribution in [-0.4, -0.2) is 21.0 Å². The molecule has 1 heterocycles. The van der Waals surface area contributed by atoms with Gasteiger partial charge in [0, 0.05) is 6.54 Å². The van der Waals surface area contributed by atoms with E-state index in [0.29, 0.717) is 6.54 Å². The van der Waals surface area contributed by atoms with Crippen molar-refractivity contribution in [3.63, 3.8) is 0 Å². The Labute approximate surface area is 97.4 Å². The van der Waals surface area contributed by atoms with Crippen molar-refractivity contribution in [2.24, 2.45) is 0 Å². The van der Waals surface area contributed by atoms with Crippen molar-refractivity contribution in [2.75, 3.05) is 0 Å². The number of terminal acetylenes is 1. The second-order valence-electron chi connectivity index (χ2n) is 4.83. The standard InChI is InChI=1S/C12H20N4/c1-6-10(7-2)13-8-11-9-16(15-14-11)12(3,4)5/h1,9-10,13H,7-8H2,2-5H3. The van der Waals surface area contributed by atoms with Gasteiger partial charge in [-0.05, 0) is 27.2 Å². The average molecular weight is 220 g/mol. The van der Waals surface area contributed by atoms with Gasteiger partial charge in [0.05, 0.1) is 23.5 Å². The fourth-order valence-corrected chi connectivity index (χ4v) is 1.26. The Morgan fingerprint density at radius 3 is 2.69 bits per heavy atom. The summed E-state index contributed by atoms with van der Waals surface area (Å²) in [7, 11) is 0. The molecule has 1 unspecified atom stereocenters. The van der Waals surface area contributed by atoms with Crippen LogP contribution in [0, 0.1) is 12.3 Å². The SMILES string of the molecule is C#CC(CC)NCc1cn(C(C)(C)C)nn1. The minimum Gasteiger partial charge on any atom is -0.298 e. The molecule has 0 fully saturated rings. The lowest BCUT2D eigenvalue weighted by Gasteiger charge is -2.17. The summed E-state index contributed by atoms with van der Waals surface area (Å²) < 4.78 is 1.86. The Bertz CT molecular complexity index is 367. The summed E-state index contributed by atoms with van der Waals surface area (Å²) in [4.78, 5) is 0. The van der Waals surface area contributed by atoms with Crippen molar-refractivity contribution < 1.29 is 0 Å². The van der Waals surface area contributed by atoms with E-state index in [-0.39, 0.29) is 11.6 Å². The van der Waals surface area contributed by atoms with Gasteiger partial charge in [-0.1, -0.05) is 18.1 Å². The predicted molar refractivity (Wildman–Crippen MR) is 64.8 cm³/mol. The minimum atomic E-state index is -0.0263. The Kier molecular flexibility index (Phi) is 4.08. The van der Waals surface area contributed by atoms with Crippen LogP contribution in [0.15, 0.2) is 6.20 Å². The zero-order valence-corrected chi connectivity index (χ0v) is 10.5. The monoisotopic (exact) mass is 220 g/mol. The highest BCUT2D eigenvalue weighted by Crippen LogP contribution is 2.11.